The van der Waals surface area contributed by atoms with Crippen LogP contribution in [0.25, 0.3) is 21.8 Å². The Hall–Kier alpha value is -3.10. The summed E-state index contributed by atoms with van der Waals surface area (Å²) >= 11 is 3.13. The maximum atomic E-state index is 12.3. The minimum absolute atomic E-state index is 0.0705. The van der Waals surface area contributed by atoms with Crippen LogP contribution in [-0.2, 0) is 14.3 Å². The molecule has 0 atom stereocenters. The number of carboxylic acid groups (broad SMARTS) is 1. The molecule has 2 saturated carbocycles. The van der Waals surface area contributed by atoms with Gasteiger partial charge in [0.15, 0.2) is 0 Å². The van der Waals surface area contributed by atoms with E-state index >= 15 is 0 Å². The summed E-state index contributed by atoms with van der Waals surface area (Å²) in [6.07, 6.45) is 8.96. The van der Waals surface area contributed by atoms with Crippen LogP contribution in [0, 0.1) is 13.8 Å². The molecule has 0 saturated heterocycles. The molecule has 6 nitrogen and oxygen atoms in total. The maximum absolute atomic E-state index is 12.3. The van der Waals surface area contributed by atoms with Gasteiger partial charge in [0.05, 0.1) is 17.6 Å². The number of thioether (sulfide) groups is 2. The van der Waals surface area contributed by atoms with Crippen molar-refractivity contribution < 1.29 is 19.4 Å². The Morgan fingerprint density at radius 2 is 1.27 bits per heavy atom. The fourth-order valence-electron chi connectivity index (χ4n) is 5.03. The average Bonchev–Trinajstić information content (AvgIpc) is 2.89. The largest absolute Gasteiger partial charge is 0.480 e. The van der Waals surface area contributed by atoms with E-state index in [0.717, 1.165) is 70.1 Å². The highest BCUT2D eigenvalue weighted by molar-refractivity contribution is 8.02. The lowest BCUT2D eigenvalue weighted by atomic mass is 9.84. The molecule has 2 aromatic heterocycles. The van der Waals surface area contributed by atoms with Crippen LogP contribution >= 0.6 is 23.5 Å². The highest BCUT2D eigenvalue weighted by Gasteiger charge is 2.47. The first-order valence-electron chi connectivity index (χ1n) is 13.7. The van der Waals surface area contributed by atoms with Crippen molar-refractivity contribution in [2.45, 2.75) is 78.6 Å². The Labute approximate surface area is 243 Å². The van der Waals surface area contributed by atoms with E-state index in [1.54, 1.807) is 18.0 Å². The van der Waals surface area contributed by atoms with Crippen molar-refractivity contribution >= 4 is 57.3 Å². The van der Waals surface area contributed by atoms with Crippen molar-refractivity contribution in [2.75, 3.05) is 6.61 Å². The Bertz CT molecular complexity index is 1560. The predicted octanol–water partition coefficient (Wildman–Crippen LogP) is 7.76. The second-order valence-electron chi connectivity index (χ2n) is 10.6. The van der Waals surface area contributed by atoms with Gasteiger partial charge in [-0.15, -0.1) is 23.5 Å². The van der Waals surface area contributed by atoms with Crippen LogP contribution in [0.3, 0.4) is 0 Å². The van der Waals surface area contributed by atoms with Crippen molar-refractivity contribution in [1.82, 2.24) is 9.97 Å². The molecule has 0 amide bonds. The Balaban J connectivity index is 0.000000162. The van der Waals surface area contributed by atoms with Crippen LogP contribution in [0.4, 0.5) is 0 Å². The number of ether oxygens (including phenoxy) is 1. The second-order valence-corrected chi connectivity index (χ2v) is 13.4. The molecule has 4 aromatic rings. The molecule has 2 aromatic carbocycles. The number of carboxylic acids is 1. The number of carbonyl (C=O) groups is 2. The van der Waals surface area contributed by atoms with Gasteiger partial charge in [-0.05, 0) is 95.7 Å². The van der Waals surface area contributed by atoms with Gasteiger partial charge in [-0.3, -0.25) is 19.6 Å². The highest BCUT2D eigenvalue weighted by atomic mass is 32.2. The van der Waals surface area contributed by atoms with Crippen molar-refractivity contribution in [1.29, 1.82) is 0 Å². The molecular formula is C32H34N2O4S2. The van der Waals surface area contributed by atoms with E-state index in [4.69, 9.17) is 4.74 Å². The van der Waals surface area contributed by atoms with Crippen molar-refractivity contribution in [2.24, 2.45) is 0 Å². The van der Waals surface area contributed by atoms with Crippen LogP contribution in [0.1, 0.15) is 56.6 Å². The molecule has 6 rings (SSSR count). The molecule has 0 aliphatic heterocycles. The number of pyridine rings is 2. The van der Waals surface area contributed by atoms with E-state index in [9.17, 15) is 14.7 Å². The molecule has 40 heavy (non-hydrogen) atoms. The quantitative estimate of drug-likeness (QED) is 0.224. The first-order chi connectivity index (χ1) is 19.2. The first kappa shape index (κ1) is 28.4. The lowest BCUT2D eigenvalue weighted by Gasteiger charge is -2.38. The standard InChI is InChI=1S/C17H19NO2S.C15H15NO2S/c1-3-20-16(19)17(8-4-9-17)21-15-7-10-18-14-6-5-12(2)11-13(14)15;1-10-3-4-12-11(9-10)13(5-8-16-12)19-15(14(17)18)6-2-7-15/h5-7,10-11H,3-4,8-9H2,1-2H3;3-5,8-9H,2,6-7H2,1H3,(H,17,18). The van der Waals surface area contributed by atoms with Gasteiger partial charge < -0.3 is 9.84 Å². The molecule has 0 bridgehead atoms. The number of carbonyl (C=O) groups excluding carboxylic acids is 1. The van der Waals surface area contributed by atoms with Crippen molar-refractivity contribution in [3.8, 4) is 0 Å². The maximum Gasteiger partial charge on any atom is 0.322 e. The molecule has 0 spiro atoms. The zero-order valence-corrected chi connectivity index (χ0v) is 24.7. The molecule has 2 fully saturated rings. The van der Waals surface area contributed by atoms with E-state index in [2.05, 4.69) is 35.1 Å². The first-order valence-corrected chi connectivity index (χ1v) is 15.4. The van der Waals surface area contributed by atoms with Crippen molar-refractivity contribution in [3.63, 3.8) is 0 Å². The summed E-state index contributed by atoms with van der Waals surface area (Å²) < 4.78 is 4.26. The monoisotopic (exact) mass is 574 g/mol. The summed E-state index contributed by atoms with van der Waals surface area (Å²) in [5.74, 6) is -0.764. The number of aliphatic carboxylic acids is 1. The van der Waals surface area contributed by atoms with Crippen LogP contribution in [-0.4, -0.2) is 43.1 Å². The normalized spacial score (nSPS) is 16.8. The van der Waals surface area contributed by atoms with E-state index in [1.165, 1.54) is 22.9 Å². The van der Waals surface area contributed by atoms with E-state index < -0.39 is 15.5 Å². The molecular weight excluding hydrogens is 540 g/mol. The third kappa shape index (κ3) is 5.70. The smallest absolute Gasteiger partial charge is 0.322 e. The summed E-state index contributed by atoms with van der Waals surface area (Å²) in [5.41, 5.74) is 4.27. The number of hydrogen-bond acceptors (Lipinski definition) is 7. The highest BCUT2D eigenvalue weighted by Crippen LogP contribution is 2.50. The fourth-order valence-corrected chi connectivity index (χ4v) is 7.90. The Morgan fingerprint density at radius 1 is 0.800 bits per heavy atom. The lowest BCUT2D eigenvalue weighted by molar-refractivity contribution is -0.148. The van der Waals surface area contributed by atoms with Gasteiger partial charge in [0.25, 0.3) is 0 Å². The van der Waals surface area contributed by atoms with Crippen LogP contribution in [0.15, 0.2) is 70.7 Å². The molecule has 8 heteroatoms. The zero-order chi connectivity index (χ0) is 28.3. The van der Waals surface area contributed by atoms with Gasteiger partial charge in [-0.25, -0.2) is 0 Å². The van der Waals surface area contributed by atoms with Gasteiger partial charge in [0, 0.05) is 33.0 Å². The molecule has 0 unspecified atom stereocenters. The number of fused-ring (bicyclic) bond motifs is 2. The molecule has 2 aliphatic carbocycles. The molecule has 208 valence electrons. The fraction of sp³-hybridized carbons (Fsp3) is 0.375. The predicted molar refractivity (Wildman–Crippen MR) is 162 cm³/mol. The van der Waals surface area contributed by atoms with Crippen molar-refractivity contribution in [3.05, 3.63) is 72.1 Å². The van der Waals surface area contributed by atoms with Gasteiger partial charge >= 0.3 is 11.9 Å². The topological polar surface area (TPSA) is 89.4 Å². The molecule has 1 N–H and O–H groups in total. The molecule has 0 radical (unpaired) electrons. The number of nitrogens with zero attached hydrogens (tertiary/aromatic N) is 2. The molecule has 2 aliphatic rings. The Morgan fingerprint density at radius 3 is 1.68 bits per heavy atom. The summed E-state index contributed by atoms with van der Waals surface area (Å²) in [5, 5.41) is 11.6. The average molecular weight is 575 g/mol. The van der Waals surface area contributed by atoms with Gasteiger partial charge in [0.1, 0.15) is 9.49 Å². The number of benzene rings is 2. The summed E-state index contributed by atoms with van der Waals surface area (Å²) in [4.78, 5) is 34.7. The molecule has 2 heterocycles. The zero-order valence-electron chi connectivity index (χ0n) is 23.1. The van der Waals surface area contributed by atoms with Crippen LogP contribution in [0.5, 0.6) is 0 Å². The SMILES string of the molecule is CCOC(=O)C1(Sc2ccnc3ccc(C)cc23)CCC1.Cc1ccc2nccc(SC3(C(=O)O)CCC3)c2c1. The van der Waals surface area contributed by atoms with Gasteiger partial charge in [-0.2, -0.15) is 0 Å². The minimum Gasteiger partial charge on any atom is -0.480 e. The third-order valence-corrected chi connectivity index (χ3v) is 10.8. The Kier molecular flexibility index (Phi) is 8.38. The van der Waals surface area contributed by atoms with Gasteiger partial charge in [0.2, 0.25) is 0 Å². The van der Waals surface area contributed by atoms with E-state index in [-0.39, 0.29) is 5.97 Å². The van der Waals surface area contributed by atoms with Crippen LogP contribution in [0.2, 0.25) is 0 Å². The third-order valence-electron chi connectivity index (χ3n) is 7.68. The van der Waals surface area contributed by atoms with Gasteiger partial charge in [-0.1, -0.05) is 23.3 Å². The number of aryl methyl sites for hydroxylation is 2. The number of rotatable bonds is 7. The summed E-state index contributed by atoms with van der Waals surface area (Å²) in [6.45, 7) is 6.42. The summed E-state index contributed by atoms with van der Waals surface area (Å²) in [6, 6.07) is 16.3. The van der Waals surface area contributed by atoms with Crippen LogP contribution < -0.4 is 0 Å². The number of hydrogen-bond donors (Lipinski definition) is 1. The lowest BCUT2D eigenvalue weighted by Crippen LogP contribution is -2.43. The summed E-state index contributed by atoms with van der Waals surface area (Å²) in [7, 11) is 0. The van der Waals surface area contributed by atoms with E-state index in [0.29, 0.717) is 6.61 Å². The minimum atomic E-state index is -0.693. The number of esters is 1. The number of aromatic nitrogens is 2. The van der Waals surface area contributed by atoms with E-state index in [1.807, 2.05) is 50.4 Å². The second kappa shape index (κ2) is 11.8.